The Hall–Kier alpha value is -2.54. The lowest BCUT2D eigenvalue weighted by Gasteiger charge is -2.12. The SMILES string of the molecule is CN(C)c1ccc(/C=C2/Cc3cccc4cccc2c34)cc1. The van der Waals surface area contributed by atoms with E-state index in [1.165, 1.54) is 38.7 Å². The van der Waals surface area contributed by atoms with Gasteiger partial charge in [0.2, 0.25) is 0 Å². The highest BCUT2D eigenvalue weighted by Gasteiger charge is 2.17. The van der Waals surface area contributed by atoms with Crippen molar-refractivity contribution in [2.45, 2.75) is 6.42 Å². The van der Waals surface area contributed by atoms with Crippen molar-refractivity contribution in [1.82, 2.24) is 0 Å². The van der Waals surface area contributed by atoms with E-state index in [1.807, 2.05) is 0 Å². The number of benzene rings is 3. The molecular formula is C21H19N. The van der Waals surface area contributed by atoms with Crippen LogP contribution in [0.1, 0.15) is 16.7 Å². The van der Waals surface area contributed by atoms with Crippen LogP contribution in [0.25, 0.3) is 22.4 Å². The van der Waals surface area contributed by atoms with Gasteiger partial charge in [-0.1, -0.05) is 54.6 Å². The van der Waals surface area contributed by atoms with Crippen LogP contribution < -0.4 is 4.90 Å². The molecule has 4 rings (SSSR count). The molecule has 0 heterocycles. The van der Waals surface area contributed by atoms with Crippen LogP contribution in [0.4, 0.5) is 5.69 Å². The van der Waals surface area contributed by atoms with E-state index in [-0.39, 0.29) is 0 Å². The minimum Gasteiger partial charge on any atom is -0.378 e. The quantitative estimate of drug-likeness (QED) is 0.640. The second kappa shape index (κ2) is 5.03. The van der Waals surface area contributed by atoms with Crippen molar-refractivity contribution in [3.8, 4) is 0 Å². The minimum absolute atomic E-state index is 1.03. The van der Waals surface area contributed by atoms with Gasteiger partial charge in [-0.2, -0.15) is 0 Å². The van der Waals surface area contributed by atoms with Crippen LogP contribution in [0.15, 0.2) is 60.7 Å². The average molecular weight is 285 g/mol. The molecule has 0 fully saturated rings. The summed E-state index contributed by atoms with van der Waals surface area (Å²) in [5.41, 5.74) is 6.77. The molecule has 1 aliphatic carbocycles. The van der Waals surface area contributed by atoms with E-state index >= 15 is 0 Å². The molecule has 1 nitrogen and oxygen atoms in total. The minimum atomic E-state index is 1.03. The summed E-state index contributed by atoms with van der Waals surface area (Å²) in [6, 6.07) is 22.0. The molecular weight excluding hydrogens is 266 g/mol. The Morgan fingerprint density at radius 1 is 0.864 bits per heavy atom. The molecule has 108 valence electrons. The molecule has 22 heavy (non-hydrogen) atoms. The smallest absolute Gasteiger partial charge is 0.0361 e. The van der Waals surface area contributed by atoms with Crippen LogP contribution in [0.5, 0.6) is 0 Å². The topological polar surface area (TPSA) is 3.24 Å². The first-order chi connectivity index (χ1) is 10.7. The third kappa shape index (κ3) is 2.10. The van der Waals surface area contributed by atoms with Gasteiger partial charge in [0.05, 0.1) is 0 Å². The van der Waals surface area contributed by atoms with Crippen LogP contribution in [0, 0.1) is 0 Å². The molecule has 3 aromatic rings. The molecule has 0 saturated heterocycles. The molecule has 0 unspecified atom stereocenters. The molecule has 0 spiro atoms. The Labute approximate surface area is 131 Å². The Balaban J connectivity index is 1.78. The van der Waals surface area contributed by atoms with E-state index in [4.69, 9.17) is 0 Å². The third-order valence-electron chi connectivity index (χ3n) is 4.47. The zero-order valence-electron chi connectivity index (χ0n) is 13.0. The number of hydrogen-bond donors (Lipinski definition) is 0. The van der Waals surface area contributed by atoms with Gasteiger partial charge < -0.3 is 4.90 Å². The lowest BCUT2D eigenvalue weighted by Crippen LogP contribution is -2.07. The van der Waals surface area contributed by atoms with Gasteiger partial charge in [-0.3, -0.25) is 0 Å². The van der Waals surface area contributed by atoms with E-state index in [1.54, 1.807) is 0 Å². The fourth-order valence-electron chi connectivity index (χ4n) is 3.33. The summed E-state index contributed by atoms with van der Waals surface area (Å²) in [4.78, 5) is 2.13. The van der Waals surface area contributed by atoms with Crippen LogP contribution in [0.2, 0.25) is 0 Å². The molecule has 0 atom stereocenters. The molecule has 3 aromatic carbocycles. The monoisotopic (exact) mass is 285 g/mol. The second-order valence-electron chi connectivity index (χ2n) is 6.15. The van der Waals surface area contributed by atoms with E-state index < -0.39 is 0 Å². The standard InChI is InChI=1S/C21H19N/c1-22(2)19-11-9-15(10-12-19)13-18-14-17-7-3-5-16-6-4-8-20(18)21(16)17/h3-13H,14H2,1-2H3/b18-13-. The molecule has 1 aliphatic rings. The summed E-state index contributed by atoms with van der Waals surface area (Å²) in [6.07, 6.45) is 3.36. The third-order valence-corrected chi connectivity index (χ3v) is 4.47. The van der Waals surface area contributed by atoms with Crippen molar-refractivity contribution in [2.24, 2.45) is 0 Å². The first-order valence-corrected chi connectivity index (χ1v) is 7.71. The van der Waals surface area contributed by atoms with Crippen molar-refractivity contribution in [2.75, 3.05) is 19.0 Å². The normalized spacial score (nSPS) is 14.7. The summed E-state index contributed by atoms with van der Waals surface area (Å²) in [7, 11) is 4.14. The summed E-state index contributed by atoms with van der Waals surface area (Å²) < 4.78 is 0. The maximum Gasteiger partial charge on any atom is 0.0361 e. The van der Waals surface area contributed by atoms with Gasteiger partial charge in [0, 0.05) is 19.8 Å². The van der Waals surface area contributed by atoms with Gasteiger partial charge in [-0.25, -0.2) is 0 Å². The van der Waals surface area contributed by atoms with Gasteiger partial charge >= 0.3 is 0 Å². The van der Waals surface area contributed by atoms with Gasteiger partial charge in [0.15, 0.2) is 0 Å². The zero-order chi connectivity index (χ0) is 15.1. The molecule has 0 N–H and O–H groups in total. The van der Waals surface area contributed by atoms with E-state index in [2.05, 4.69) is 85.7 Å². The Kier molecular flexibility index (Phi) is 3.00. The second-order valence-corrected chi connectivity index (χ2v) is 6.15. The molecule has 0 aromatic heterocycles. The summed E-state index contributed by atoms with van der Waals surface area (Å²) in [5.74, 6) is 0. The predicted molar refractivity (Wildman–Crippen MR) is 96.3 cm³/mol. The highest BCUT2D eigenvalue weighted by Crippen LogP contribution is 2.38. The van der Waals surface area contributed by atoms with Crippen LogP contribution in [-0.4, -0.2) is 14.1 Å². The summed E-state index contributed by atoms with van der Waals surface area (Å²) >= 11 is 0. The Morgan fingerprint density at radius 3 is 2.32 bits per heavy atom. The fraction of sp³-hybridized carbons (Fsp3) is 0.143. The first-order valence-electron chi connectivity index (χ1n) is 7.71. The van der Waals surface area contributed by atoms with Crippen LogP contribution in [0.3, 0.4) is 0 Å². The van der Waals surface area contributed by atoms with Crippen molar-refractivity contribution >= 4 is 28.1 Å². The molecule has 1 heteroatoms. The number of hydrogen-bond acceptors (Lipinski definition) is 1. The summed E-state index contributed by atoms with van der Waals surface area (Å²) in [5, 5.41) is 2.78. The molecule has 0 radical (unpaired) electrons. The number of rotatable bonds is 2. The van der Waals surface area contributed by atoms with Gasteiger partial charge in [-0.15, -0.1) is 0 Å². The average Bonchev–Trinajstić information content (AvgIpc) is 2.88. The van der Waals surface area contributed by atoms with Crippen LogP contribution in [-0.2, 0) is 6.42 Å². The highest BCUT2D eigenvalue weighted by atomic mass is 15.1. The lowest BCUT2D eigenvalue weighted by molar-refractivity contribution is 1.13. The van der Waals surface area contributed by atoms with E-state index in [0.29, 0.717) is 0 Å². The lowest BCUT2D eigenvalue weighted by atomic mass is 10.0. The van der Waals surface area contributed by atoms with Crippen LogP contribution >= 0.6 is 0 Å². The van der Waals surface area contributed by atoms with Gasteiger partial charge in [0.25, 0.3) is 0 Å². The summed E-state index contributed by atoms with van der Waals surface area (Å²) in [6.45, 7) is 0. The number of nitrogens with zero attached hydrogens (tertiary/aromatic N) is 1. The molecule has 0 amide bonds. The largest absolute Gasteiger partial charge is 0.378 e. The van der Waals surface area contributed by atoms with Crippen molar-refractivity contribution < 1.29 is 0 Å². The molecule has 0 bridgehead atoms. The van der Waals surface area contributed by atoms with Gasteiger partial charge in [0.1, 0.15) is 0 Å². The number of anilines is 1. The molecule has 0 aliphatic heterocycles. The van der Waals surface area contributed by atoms with Crippen molar-refractivity contribution in [3.63, 3.8) is 0 Å². The van der Waals surface area contributed by atoms with E-state index in [9.17, 15) is 0 Å². The van der Waals surface area contributed by atoms with Crippen molar-refractivity contribution in [1.29, 1.82) is 0 Å². The Bertz CT molecular complexity index is 865. The number of allylic oxidation sites excluding steroid dienone is 1. The maximum absolute atomic E-state index is 2.33. The van der Waals surface area contributed by atoms with Crippen molar-refractivity contribution in [3.05, 3.63) is 77.4 Å². The first kappa shape index (κ1) is 13.1. The fourth-order valence-corrected chi connectivity index (χ4v) is 3.33. The van der Waals surface area contributed by atoms with Gasteiger partial charge in [-0.05, 0) is 51.6 Å². The predicted octanol–water partition coefficient (Wildman–Crippen LogP) is 5.00. The Morgan fingerprint density at radius 2 is 1.59 bits per heavy atom. The maximum atomic E-state index is 2.33. The highest BCUT2D eigenvalue weighted by molar-refractivity contribution is 6.04. The molecule has 0 saturated carbocycles. The zero-order valence-corrected chi connectivity index (χ0v) is 13.0. The van der Waals surface area contributed by atoms with E-state index in [0.717, 1.165) is 6.42 Å².